The van der Waals surface area contributed by atoms with Crippen LogP contribution in [0.5, 0.6) is 5.75 Å². The van der Waals surface area contributed by atoms with Gasteiger partial charge in [0.2, 0.25) is 5.91 Å². The number of benzene rings is 2. The maximum atomic E-state index is 11.7. The summed E-state index contributed by atoms with van der Waals surface area (Å²) in [6.45, 7) is 3.13. The number of carbonyl (C=O) groups excluding carboxylic acids is 1. The summed E-state index contributed by atoms with van der Waals surface area (Å²) in [6, 6.07) is 17.9. The van der Waals surface area contributed by atoms with Crippen molar-refractivity contribution in [2.45, 2.75) is 19.8 Å². The molecule has 3 heteroatoms. The number of rotatable bonds is 7. The van der Waals surface area contributed by atoms with E-state index in [-0.39, 0.29) is 5.91 Å². The van der Waals surface area contributed by atoms with Gasteiger partial charge in [-0.25, -0.2) is 0 Å². The lowest BCUT2D eigenvalue weighted by molar-refractivity contribution is -0.121. The van der Waals surface area contributed by atoms with E-state index in [1.807, 2.05) is 30.3 Å². The Morgan fingerprint density at radius 2 is 1.76 bits per heavy atom. The van der Waals surface area contributed by atoms with Gasteiger partial charge in [-0.2, -0.15) is 0 Å². The molecule has 0 aromatic heterocycles. The Balaban J connectivity index is 1.60. The zero-order valence-electron chi connectivity index (χ0n) is 12.3. The topological polar surface area (TPSA) is 38.3 Å². The first kappa shape index (κ1) is 15.1. The predicted octanol–water partition coefficient (Wildman–Crippen LogP) is 3.12. The van der Waals surface area contributed by atoms with Crippen molar-refractivity contribution in [1.82, 2.24) is 5.32 Å². The Labute approximate surface area is 126 Å². The van der Waals surface area contributed by atoms with Crippen LogP contribution in [0.4, 0.5) is 0 Å². The first-order valence-electron chi connectivity index (χ1n) is 7.24. The first-order valence-corrected chi connectivity index (χ1v) is 7.24. The van der Waals surface area contributed by atoms with Crippen LogP contribution in [-0.4, -0.2) is 19.1 Å². The van der Waals surface area contributed by atoms with Crippen LogP contribution < -0.4 is 10.1 Å². The fraction of sp³-hybridized carbons (Fsp3) is 0.278. The van der Waals surface area contributed by atoms with Crippen LogP contribution in [0, 0.1) is 6.92 Å². The van der Waals surface area contributed by atoms with Gasteiger partial charge in [-0.15, -0.1) is 0 Å². The van der Waals surface area contributed by atoms with Gasteiger partial charge >= 0.3 is 0 Å². The fourth-order valence-corrected chi connectivity index (χ4v) is 1.97. The van der Waals surface area contributed by atoms with Crippen molar-refractivity contribution in [3.8, 4) is 5.75 Å². The number of ether oxygens (including phenoxy) is 1. The molecule has 0 saturated heterocycles. The van der Waals surface area contributed by atoms with Gasteiger partial charge in [0.05, 0.1) is 13.0 Å². The molecule has 0 fully saturated rings. The van der Waals surface area contributed by atoms with Crippen LogP contribution >= 0.6 is 0 Å². The second-order valence-electron chi connectivity index (χ2n) is 5.00. The molecule has 0 aliphatic heterocycles. The summed E-state index contributed by atoms with van der Waals surface area (Å²) in [5.74, 6) is 0.822. The zero-order chi connectivity index (χ0) is 14.9. The molecular weight excluding hydrogens is 262 g/mol. The largest absolute Gasteiger partial charge is 0.493 e. The Hall–Kier alpha value is -2.29. The van der Waals surface area contributed by atoms with Gasteiger partial charge in [0.15, 0.2) is 0 Å². The summed E-state index contributed by atoms with van der Waals surface area (Å²) in [4.78, 5) is 11.7. The average Bonchev–Trinajstić information content (AvgIpc) is 2.50. The highest BCUT2D eigenvalue weighted by atomic mass is 16.5. The summed E-state index contributed by atoms with van der Waals surface area (Å²) in [5.41, 5.74) is 2.49. The molecule has 3 nitrogen and oxygen atoms in total. The smallest absolute Gasteiger partial charge is 0.223 e. The molecule has 0 saturated carbocycles. The van der Waals surface area contributed by atoms with Crippen LogP contribution in [0.1, 0.15) is 17.5 Å². The average molecular weight is 283 g/mol. The summed E-state index contributed by atoms with van der Waals surface area (Å²) >= 11 is 0. The number of para-hydroxylation sites is 1. The first-order chi connectivity index (χ1) is 10.2. The van der Waals surface area contributed by atoms with Crippen molar-refractivity contribution in [2.75, 3.05) is 13.2 Å². The predicted molar refractivity (Wildman–Crippen MR) is 84.4 cm³/mol. The van der Waals surface area contributed by atoms with Crippen LogP contribution in [-0.2, 0) is 11.2 Å². The van der Waals surface area contributed by atoms with E-state index in [0.717, 1.165) is 12.2 Å². The quantitative estimate of drug-likeness (QED) is 0.848. The minimum absolute atomic E-state index is 0.0260. The maximum Gasteiger partial charge on any atom is 0.223 e. The van der Waals surface area contributed by atoms with E-state index < -0.39 is 0 Å². The van der Waals surface area contributed by atoms with Gasteiger partial charge in [-0.1, -0.05) is 48.0 Å². The minimum atomic E-state index is 0.0260. The van der Waals surface area contributed by atoms with E-state index >= 15 is 0 Å². The fourth-order valence-electron chi connectivity index (χ4n) is 1.97. The molecule has 0 heterocycles. The standard InChI is InChI=1S/C18H21NO2/c1-15-7-9-16(10-8-15)11-13-19-18(20)12-14-21-17-5-3-2-4-6-17/h2-10H,11-14H2,1H3,(H,19,20). The van der Waals surface area contributed by atoms with Crippen LogP contribution in [0.3, 0.4) is 0 Å². The highest BCUT2D eigenvalue weighted by Crippen LogP contribution is 2.08. The van der Waals surface area contributed by atoms with Gasteiger partial charge < -0.3 is 10.1 Å². The molecule has 2 aromatic carbocycles. The van der Waals surface area contributed by atoms with E-state index in [1.54, 1.807) is 0 Å². The highest BCUT2D eigenvalue weighted by molar-refractivity contribution is 5.75. The molecule has 0 atom stereocenters. The zero-order valence-corrected chi connectivity index (χ0v) is 12.3. The summed E-state index contributed by atoms with van der Waals surface area (Å²) < 4.78 is 5.49. The van der Waals surface area contributed by atoms with Crippen molar-refractivity contribution in [1.29, 1.82) is 0 Å². The third-order valence-corrected chi connectivity index (χ3v) is 3.20. The number of aryl methyl sites for hydroxylation is 1. The lowest BCUT2D eigenvalue weighted by Crippen LogP contribution is -2.27. The van der Waals surface area contributed by atoms with Gasteiger partial charge in [0.25, 0.3) is 0 Å². The van der Waals surface area contributed by atoms with Gasteiger partial charge in [-0.3, -0.25) is 4.79 Å². The van der Waals surface area contributed by atoms with E-state index in [2.05, 4.69) is 36.5 Å². The molecule has 2 aromatic rings. The number of hydrogen-bond donors (Lipinski definition) is 1. The molecule has 0 unspecified atom stereocenters. The second-order valence-corrected chi connectivity index (χ2v) is 5.00. The lowest BCUT2D eigenvalue weighted by atomic mass is 10.1. The summed E-state index contributed by atoms with van der Waals surface area (Å²) in [6.07, 6.45) is 1.23. The Bertz CT molecular complexity index is 549. The SMILES string of the molecule is Cc1ccc(CCNC(=O)CCOc2ccccc2)cc1. The Morgan fingerprint density at radius 3 is 2.48 bits per heavy atom. The number of amides is 1. The molecule has 0 radical (unpaired) electrons. The Morgan fingerprint density at radius 1 is 1.05 bits per heavy atom. The maximum absolute atomic E-state index is 11.7. The molecule has 0 aliphatic carbocycles. The number of nitrogens with one attached hydrogen (secondary N) is 1. The van der Waals surface area contributed by atoms with Crippen molar-refractivity contribution < 1.29 is 9.53 Å². The Kier molecular flexibility index (Phi) is 5.83. The van der Waals surface area contributed by atoms with Crippen LogP contribution in [0.25, 0.3) is 0 Å². The van der Waals surface area contributed by atoms with Gasteiger partial charge in [0, 0.05) is 6.54 Å². The molecule has 110 valence electrons. The van der Waals surface area contributed by atoms with Gasteiger partial charge in [-0.05, 0) is 31.0 Å². The van der Waals surface area contributed by atoms with Crippen molar-refractivity contribution in [2.24, 2.45) is 0 Å². The van der Waals surface area contributed by atoms with E-state index in [9.17, 15) is 4.79 Å². The van der Waals surface area contributed by atoms with E-state index in [1.165, 1.54) is 11.1 Å². The third-order valence-electron chi connectivity index (χ3n) is 3.20. The lowest BCUT2D eigenvalue weighted by Gasteiger charge is -2.07. The molecule has 0 bridgehead atoms. The van der Waals surface area contributed by atoms with E-state index in [4.69, 9.17) is 4.74 Å². The monoisotopic (exact) mass is 283 g/mol. The number of hydrogen-bond acceptors (Lipinski definition) is 2. The molecular formula is C18H21NO2. The summed E-state index contributed by atoms with van der Waals surface area (Å²) in [5, 5.41) is 2.91. The van der Waals surface area contributed by atoms with Crippen molar-refractivity contribution in [3.05, 3.63) is 65.7 Å². The molecule has 0 aliphatic rings. The highest BCUT2D eigenvalue weighted by Gasteiger charge is 2.01. The molecule has 21 heavy (non-hydrogen) atoms. The van der Waals surface area contributed by atoms with Crippen molar-refractivity contribution >= 4 is 5.91 Å². The van der Waals surface area contributed by atoms with Crippen molar-refractivity contribution in [3.63, 3.8) is 0 Å². The van der Waals surface area contributed by atoms with E-state index in [0.29, 0.717) is 19.6 Å². The second kappa shape index (κ2) is 8.10. The van der Waals surface area contributed by atoms with Gasteiger partial charge in [0.1, 0.15) is 5.75 Å². The third kappa shape index (κ3) is 5.69. The molecule has 1 amide bonds. The summed E-state index contributed by atoms with van der Waals surface area (Å²) in [7, 11) is 0. The minimum Gasteiger partial charge on any atom is -0.493 e. The van der Waals surface area contributed by atoms with Crippen LogP contribution in [0.15, 0.2) is 54.6 Å². The number of carbonyl (C=O) groups is 1. The molecule has 1 N–H and O–H groups in total. The normalized spacial score (nSPS) is 10.1. The van der Waals surface area contributed by atoms with Crippen LogP contribution in [0.2, 0.25) is 0 Å². The molecule has 0 spiro atoms. The molecule has 2 rings (SSSR count).